The van der Waals surface area contributed by atoms with Gasteiger partial charge in [-0.15, -0.1) is 0 Å². The van der Waals surface area contributed by atoms with Gasteiger partial charge in [0.25, 0.3) is 5.78 Å². The molecule has 114 valence electrons. The molecule has 0 fully saturated rings. The zero-order valence-electron chi connectivity index (χ0n) is 11.4. The maximum absolute atomic E-state index is 11.5. The Hall–Kier alpha value is -2.07. The number of nitrogens with zero attached hydrogens (tertiary/aromatic N) is 4. The largest absolute Gasteiger partial charge is 0.468 e. The molecule has 0 atom stereocenters. The van der Waals surface area contributed by atoms with E-state index in [0.29, 0.717) is 18.6 Å². The Morgan fingerprint density at radius 3 is 3.00 bits per heavy atom. The molecule has 2 aromatic heterocycles. The molecule has 0 aromatic carbocycles. The summed E-state index contributed by atoms with van der Waals surface area (Å²) >= 11 is 0. The summed E-state index contributed by atoms with van der Waals surface area (Å²) in [5.41, 5.74) is 0.917. The Morgan fingerprint density at radius 1 is 1.43 bits per heavy atom. The number of esters is 1. The van der Waals surface area contributed by atoms with E-state index in [1.54, 1.807) is 16.9 Å². The van der Waals surface area contributed by atoms with Gasteiger partial charge in [0.1, 0.15) is 6.33 Å². The second-order valence-electron chi connectivity index (χ2n) is 4.30. The maximum atomic E-state index is 11.5. The van der Waals surface area contributed by atoms with Gasteiger partial charge in [-0.1, -0.05) is 0 Å². The van der Waals surface area contributed by atoms with Crippen LogP contribution in [0.5, 0.6) is 0 Å². The molecule has 0 unspecified atom stereocenters. The summed E-state index contributed by atoms with van der Waals surface area (Å²) in [6, 6.07) is 0. The Balaban J connectivity index is 1.80. The lowest BCUT2D eigenvalue weighted by Gasteiger charge is -2.05. The average Bonchev–Trinajstić information content (AvgIpc) is 2.90. The predicted octanol–water partition coefficient (Wildman–Crippen LogP) is -0.851. The van der Waals surface area contributed by atoms with Crippen molar-refractivity contribution in [3.05, 3.63) is 24.3 Å². The van der Waals surface area contributed by atoms with E-state index in [0.717, 1.165) is 12.7 Å². The molecule has 0 amide bonds. The van der Waals surface area contributed by atoms with E-state index >= 15 is 0 Å². The highest BCUT2D eigenvalue weighted by Crippen LogP contribution is 2.02. The molecule has 2 aromatic rings. The zero-order chi connectivity index (χ0) is 15.3. The molecule has 2 rings (SSSR count). The lowest BCUT2D eigenvalue weighted by atomic mass is 10.2. The number of hydrogen-bond acceptors (Lipinski definition) is 7. The number of rotatable bonds is 7. The smallest absolute Gasteiger partial charge is 0.322 e. The van der Waals surface area contributed by atoms with Gasteiger partial charge < -0.3 is 4.74 Å². The normalized spacial score (nSPS) is 11.7. The summed E-state index contributed by atoms with van der Waals surface area (Å²) < 4.78 is 31.2. The quantitative estimate of drug-likeness (QED) is 0.523. The second kappa shape index (κ2) is 6.59. The molecule has 0 saturated heterocycles. The molecule has 0 bridgehead atoms. The molecule has 0 aliphatic rings. The fraction of sp³-hybridized carbons (Fsp3) is 0.455. The molecular weight excluding hydrogens is 298 g/mol. The van der Waals surface area contributed by atoms with Crippen LogP contribution in [0.15, 0.2) is 18.7 Å². The number of aryl methyl sites for hydroxylation is 1. The fourth-order valence-electron chi connectivity index (χ4n) is 1.67. The molecule has 21 heavy (non-hydrogen) atoms. The minimum atomic E-state index is -3.64. The summed E-state index contributed by atoms with van der Waals surface area (Å²) in [5.74, 6) is -0.948. The highest BCUT2D eigenvalue weighted by molar-refractivity contribution is 7.90. The Labute approximate surface area is 121 Å². The number of carbonyl (C=O) groups excluding carboxylic acids is 1. The number of fused-ring (bicyclic) bond motifs is 1. The van der Waals surface area contributed by atoms with Gasteiger partial charge in [-0.3, -0.25) is 4.79 Å². The first-order valence-electron chi connectivity index (χ1n) is 6.18. The van der Waals surface area contributed by atoms with Gasteiger partial charge in [0.15, 0.2) is 5.75 Å². The van der Waals surface area contributed by atoms with Crippen LogP contribution in [0, 0.1) is 0 Å². The number of carbonyl (C=O) groups is 1. The van der Waals surface area contributed by atoms with E-state index in [1.165, 1.54) is 6.33 Å². The van der Waals surface area contributed by atoms with Gasteiger partial charge in [0.2, 0.25) is 10.0 Å². The number of ether oxygens (including phenoxy) is 1. The Kier molecular flexibility index (Phi) is 4.81. The third-order valence-corrected chi connectivity index (χ3v) is 3.95. The van der Waals surface area contributed by atoms with Crippen LogP contribution in [0.4, 0.5) is 0 Å². The topological polar surface area (TPSA) is 116 Å². The molecule has 10 heteroatoms. The minimum absolute atomic E-state index is 0.231. The van der Waals surface area contributed by atoms with Crippen molar-refractivity contribution in [3.63, 3.8) is 0 Å². The lowest BCUT2D eigenvalue weighted by molar-refractivity contribution is -0.137. The fourth-order valence-corrected chi connectivity index (χ4v) is 2.66. The van der Waals surface area contributed by atoms with E-state index in [2.05, 4.69) is 24.5 Å². The number of aromatic nitrogens is 4. The van der Waals surface area contributed by atoms with E-state index in [-0.39, 0.29) is 6.54 Å². The van der Waals surface area contributed by atoms with Crippen molar-refractivity contribution in [1.82, 2.24) is 24.3 Å². The van der Waals surface area contributed by atoms with Crippen molar-refractivity contribution in [3.8, 4) is 0 Å². The first kappa shape index (κ1) is 15.3. The van der Waals surface area contributed by atoms with E-state index < -0.39 is 21.7 Å². The molecule has 0 saturated carbocycles. The molecule has 0 radical (unpaired) electrons. The van der Waals surface area contributed by atoms with Crippen molar-refractivity contribution in [2.75, 3.05) is 19.4 Å². The van der Waals surface area contributed by atoms with Gasteiger partial charge in [-0.2, -0.15) is 10.1 Å². The van der Waals surface area contributed by atoms with Gasteiger partial charge in [0.05, 0.1) is 7.11 Å². The van der Waals surface area contributed by atoms with Crippen LogP contribution in [0.25, 0.3) is 5.78 Å². The van der Waals surface area contributed by atoms with Crippen LogP contribution in [0.2, 0.25) is 0 Å². The summed E-state index contributed by atoms with van der Waals surface area (Å²) in [7, 11) is -2.50. The SMILES string of the molecule is COC(=O)CS(=O)(=O)NCCCc1cnc2ncnn2c1. The van der Waals surface area contributed by atoms with Crippen molar-refractivity contribution in [1.29, 1.82) is 0 Å². The number of nitrogens with one attached hydrogen (secondary N) is 1. The Bertz CT molecular complexity index is 727. The first-order chi connectivity index (χ1) is 10.00. The van der Waals surface area contributed by atoms with Crippen LogP contribution in [0.3, 0.4) is 0 Å². The summed E-state index contributed by atoms with van der Waals surface area (Å²) in [6.07, 6.45) is 6.07. The standard InChI is InChI=1S/C11H15N5O4S/c1-20-10(17)7-21(18,19)15-4-2-3-9-5-12-11-13-8-14-16(11)6-9/h5-6,8,15H,2-4,7H2,1H3. The summed E-state index contributed by atoms with van der Waals surface area (Å²) in [4.78, 5) is 19.0. The van der Waals surface area contributed by atoms with Crippen molar-refractivity contribution >= 4 is 21.8 Å². The minimum Gasteiger partial charge on any atom is -0.468 e. The van der Waals surface area contributed by atoms with Crippen LogP contribution >= 0.6 is 0 Å². The third-order valence-electron chi connectivity index (χ3n) is 2.69. The van der Waals surface area contributed by atoms with Crippen LogP contribution < -0.4 is 4.72 Å². The van der Waals surface area contributed by atoms with E-state index in [9.17, 15) is 13.2 Å². The summed E-state index contributed by atoms with van der Waals surface area (Å²) in [5, 5.41) is 3.97. The highest BCUT2D eigenvalue weighted by atomic mass is 32.2. The molecular formula is C11H15N5O4S. The van der Waals surface area contributed by atoms with E-state index in [1.807, 2.05) is 0 Å². The predicted molar refractivity (Wildman–Crippen MR) is 72.9 cm³/mol. The first-order valence-corrected chi connectivity index (χ1v) is 7.84. The molecule has 1 N–H and O–H groups in total. The van der Waals surface area contributed by atoms with Crippen LogP contribution in [0.1, 0.15) is 12.0 Å². The number of hydrogen-bond donors (Lipinski definition) is 1. The lowest BCUT2D eigenvalue weighted by Crippen LogP contribution is -2.31. The van der Waals surface area contributed by atoms with Crippen LogP contribution in [-0.4, -0.2) is 53.4 Å². The van der Waals surface area contributed by atoms with Crippen molar-refractivity contribution in [2.45, 2.75) is 12.8 Å². The van der Waals surface area contributed by atoms with Gasteiger partial charge in [-0.05, 0) is 18.4 Å². The molecule has 0 aliphatic carbocycles. The molecule has 0 spiro atoms. The highest BCUT2D eigenvalue weighted by Gasteiger charge is 2.15. The second-order valence-corrected chi connectivity index (χ2v) is 6.11. The zero-order valence-corrected chi connectivity index (χ0v) is 12.2. The molecule has 9 nitrogen and oxygen atoms in total. The maximum Gasteiger partial charge on any atom is 0.322 e. The average molecular weight is 313 g/mol. The molecule has 2 heterocycles. The monoisotopic (exact) mass is 313 g/mol. The van der Waals surface area contributed by atoms with Gasteiger partial charge in [0, 0.05) is 18.9 Å². The summed E-state index contributed by atoms with van der Waals surface area (Å²) in [6.45, 7) is 0.231. The van der Waals surface area contributed by atoms with Crippen LogP contribution in [-0.2, 0) is 26.0 Å². The van der Waals surface area contributed by atoms with Gasteiger partial charge >= 0.3 is 5.97 Å². The third kappa shape index (κ3) is 4.46. The molecule has 0 aliphatic heterocycles. The number of methoxy groups -OCH3 is 1. The number of sulfonamides is 1. The van der Waals surface area contributed by atoms with Crippen molar-refractivity contribution in [2.24, 2.45) is 0 Å². The van der Waals surface area contributed by atoms with Crippen molar-refractivity contribution < 1.29 is 17.9 Å². The van der Waals surface area contributed by atoms with Gasteiger partial charge in [-0.25, -0.2) is 22.6 Å². The van der Waals surface area contributed by atoms with E-state index in [4.69, 9.17) is 0 Å². The Morgan fingerprint density at radius 2 is 2.24 bits per heavy atom.